The van der Waals surface area contributed by atoms with Crippen LogP contribution in [0.25, 0.3) is 0 Å². The van der Waals surface area contributed by atoms with Crippen molar-refractivity contribution in [3.05, 3.63) is 24.0 Å². The molecular weight excluding hydrogens is 226 g/mol. The highest BCUT2D eigenvalue weighted by Crippen LogP contribution is 2.19. The number of nitrogens with one attached hydrogen (secondary N) is 1. The van der Waals surface area contributed by atoms with Crippen LogP contribution in [0.15, 0.2) is 18.3 Å². The van der Waals surface area contributed by atoms with Gasteiger partial charge < -0.3 is 10.2 Å². The highest BCUT2D eigenvalue weighted by atomic mass is 16.1. The van der Waals surface area contributed by atoms with Crippen LogP contribution in [0.4, 0.5) is 5.69 Å². The Morgan fingerprint density at radius 3 is 2.94 bits per heavy atom. The Kier molecular flexibility index (Phi) is 4.56. The van der Waals surface area contributed by atoms with Crippen LogP contribution in [0.3, 0.4) is 0 Å². The molecule has 4 nitrogen and oxygen atoms in total. The Labute approximate surface area is 108 Å². The number of hydrogen-bond donors (Lipinski definition) is 1. The van der Waals surface area contributed by atoms with E-state index in [9.17, 15) is 4.79 Å². The molecule has 1 aliphatic heterocycles. The number of amides is 1. The first-order chi connectivity index (χ1) is 8.81. The lowest BCUT2D eigenvalue weighted by atomic mass is 10.2. The molecule has 1 N–H and O–H groups in total. The fourth-order valence-electron chi connectivity index (χ4n) is 2.18. The summed E-state index contributed by atoms with van der Waals surface area (Å²) < 4.78 is 0. The lowest BCUT2D eigenvalue weighted by Crippen LogP contribution is -2.26. The summed E-state index contributed by atoms with van der Waals surface area (Å²) in [5.74, 6) is -0.0653. The monoisotopic (exact) mass is 247 g/mol. The molecule has 1 amide bonds. The van der Waals surface area contributed by atoms with Crippen LogP contribution in [-0.4, -0.2) is 30.5 Å². The Balaban J connectivity index is 1.99. The number of unbranched alkanes of at least 4 members (excludes halogenated alkanes) is 1. The van der Waals surface area contributed by atoms with Gasteiger partial charge in [-0.1, -0.05) is 13.3 Å². The Morgan fingerprint density at radius 2 is 2.22 bits per heavy atom. The van der Waals surface area contributed by atoms with Crippen LogP contribution in [0, 0.1) is 0 Å². The molecule has 1 aromatic rings. The molecule has 0 radical (unpaired) electrons. The summed E-state index contributed by atoms with van der Waals surface area (Å²) in [6.45, 7) is 5.01. The minimum absolute atomic E-state index is 0.0653. The smallest absolute Gasteiger partial charge is 0.269 e. The molecular formula is C14H21N3O. The second-order valence-corrected chi connectivity index (χ2v) is 4.70. The average molecular weight is 247 g/mol. The van der Waals surface area contributed by atoms with E-state index in [1.54, 1.807) is 6.20 Å². The Hall–Kier alpha value is -1.58. The zero-order chi connectivity index (χ0) is 12.8. The van der Waals surface area contributed by atoms with Crippen molar-refractivity contribution >= 4 is 11.6 Å². The van der Waals surface area contributed by atoms with Crippen LogP contribution in [-0.2, 0) is 0 Å². The first kappa shape index (κ1) is 12.9. The molecule has 1 fully saturated rings. The number of nitrogens with zero attached hydrogens (tertiary/aromatic N) is 2. The van der Waals surface area contributed by atoms with Crippen molar-refractivity contribution < 1.29 is 4.79 Å². The van der Waals surface area contributed by atoms with Gasteiger partial charge in [-0.15, -0.1) is 0 Å². The van der Waals surface area contributed by atoms with Crippen LogP contribution >= 0.6 is 0 Å². The molecule has 1 aliphatic rings. The number of pyridine rings is 1. The summed E-state index contributed by atoms with van der Waals surface area (Å²) in [6, 6.07) is 3.88. The minimum atomic E-state index is -0.0653. The molecule has 0 saturated carbocycles. The predicted octanol–water partition coefficient (Wildman–Crippen LogP) is 2.21. The van der Waals surface area contributed by atoms with Gasteiger partial charge in [-0.05, 0) is 31.4 Å². The summed E-state index contributed by atoms with van der Waals surface area (Å²) in [6.07, 6.45) is 6.29. The summed E-state index contributed by atoms with van der Waals surface area (Å²) in [7, 11) is 0. The molecule has 1 aromatic heterocycles. The molecule has 0 aliphatic carbocycles. The van der Waals surface area contributed by atoms with Crippen molar-refractivity contribution in [2.24, 2.45) is 0 Å². The van der Waals surface area contributed by atoms with Gasteiger partial charge in [0.1, 0.15) is 5.69 Å². The molecule has 0 bridgehead atoms. The second-order valence-electron chi connectivity index (χ2n) is 4.70. The number of carbonyl (C=O) groups is 1. The molecule has 2 heterocycles. The molecule has 4 heteroatoms. The summed E-state index contributed by atoms with van der Waals surface area (Å²) >= 11 is 0. The number of carbonyl (C=O) groups excluding carboxylic acids is 1. The number of anilines is 1. The van der Waals surface area contributed by atoms with E-state index in [0.29, 0.717) is 5.69 Å². The van der Waals surface area contributed by atoms with E-state index >= 15 is 0 Å². The number of rotatable bonds is 5. The summed E-state index contributed by atoms with van der Waals surface area (Å²) in [5.41, 5.74) is 1.64. The van der Waals surface area contributed by atoms with Crippen LogP contribution in [0.1, 0.15) is 43.1 Å². The highest BCUT2D eigenvalue weighted by molar-refractivity contribution is 5.93. The van der Waals surface area contributed by atoms with E-state index in [2.05, 4.69) is 22.1 Å². The minimum Gasteiger partial charge on any atom is -0.371 e. The van der Waals surface area contributed by atoms with Crippen molar-refractivity contribution in [2.75, 3.05) is 24.5 Å². The van der Waals surface area contributed by atoms with Gasteiger partial charge in [0.25, 0.3) is 5.91 Å². The molecule has 1 saturated heterocycles. The fourth-order valence-corrected chi connectivity index (χ4v) is 2.18. The molecule has 18 heavy (non-hydrogen) atoms. The summed E-state index contributed by atoms with van der Waals surface area (Å²) in [5, 5.41) is 2.90. The van der Waals surface area contributed by atoms with Crippen LogP contribution in [0.5, 0.6) is 0 Å². The third-order valence-corrected chi connectivity index (χ3v) is 3.26. The van der Waals surface area contributed by atoms with Crippen LogP contribution < -0.4 is 10.2 Å². The van der Waals surface area contributed by atoms with Gasteiger partial charge in [-0.2, -0.15) is 0 Å². The van der Waals surface area contributed by atoms with Crippen molar-refractivity contribution in [3.63, 3.8) is 0 Å². The molecule has 98 valence electrons. The van der Waals surface area contributed by atoms with Crippen molar-refractivity contribution in [1.82, 2.24) is 10.3 Å². The lowest BCUT2D eigenvalue weighted by Gasteiger charge is -2.17. The van der Waals surface area contributed by atoms with E-state index in [4.69, 9.17) is 0 Å². The average Bonchev–Trinajstić information content (AvgIpc) is 2.93. The maximum Gasteiger partial charge on any atom is 0.269 e. The van der Waals surface area contributed by atoms with Gasteiger partial charge in [0.2, 0.25) is 0 Å². The Bertz CT molecular complexity index is 400. The quantitative estimate of drug-likeness (QED) is 0.811. The zero-order valence-electron chi connectivity index (χ0n) is 11.0. The van der Waals surface area contributed by atoms with Crippen LogP contribution in [0.2, 0.25) is 0 Å². The lowest BCUT2D eigenvalue weighted by molar-refractivity contribution is 0.0948. The fraction of sp³-hybridized carbons (Fsp3) is 0.571. The van der Waals surface area contributed by atoms with Gasteiger partial charge >= 0.3 is 0 Å². The number of aromatic nitrogens is 1. The molecule has 0 spiro atoms. The predicted molar refractivity (Wildman–Crippen MR) is 72.9 cm³/mol. The van der Waals surface area contributed by atoms with Gasteiger partial charge in [-0.3, -0.25) is 9.78 Å². The van der Waals surface area contributed by atoms with Gasteiger partial charge in [-0.25, -0.2) is 0 Å². The molecule has 0 unspecified atom stereocenters. The van der Waals surface area contributed by atoms with Crippen molar-refractivity contribution in [2.45, 2.75) is 32.6 Å². The maximum atomic E-state index is 11.9. The normalized spacial score (nSPS) is 14.8. The largest absolute Gasteiger partial charge is 0.371 e. The molecule has 0 atom stereocenters. The third-order valence-electron chi connectivity index (χ3n) is 3.26. The molecule has 0 aromatic carbocycles. The van der Waals surface area contributed by atoms with E-state index in [1.807, 2.05) is 12.1 Å². The van der Waals surface area contributed by atoms with E-state index in [-0.39, 0.29) is 5.91 Å². The standard InChI is InChI=1S/C14H21N3O/c1-2-3-7-16-14(18)13-11-12(6-8-15-13)17-9-4-5-10-17/h6,8,11H,2-5,7,9-10H2,1H3,(H,16,18). The topological polar surface area (TPSA) is 45.2 Å². The zero-order valence-corrected chi connectivity index (χ0v) is 11.0. The van der Waals surface area contributed by atoms with Gasteiger partial charge in [0, 0.05) is 31.5 Å². The highest BCUT2D eigenvalue weighted by Gasteiger charge is 2.14. The number of hydrogen-bond acceptors (Lipinski definition) is 3. The third kappa shape index (κ3) is 3.22. The van der Waals surface area contributed by atoms with E-state index in [0.717, 1.165) is 38.2 Å². The summed E-state index contributed by atoms with van der Waals surface area (Å²) in [4.78, 5) is 18.4. The first-order valence-electron chi connectivity index (χ1n) is 6.80. The van der Waals surface area contributed by atoms with Crippen molar-refractivity contribution in [3.8, 4) is 0 Å². The van der Waals surface area contributed by atoms with E-state index < -0.39 is 0 Å². The SMILES string of the molecule is CCCCNC(=O)c1cc(N2CCCC2)ccn1. The van der Waals surface area contributed by atoms with Gasteiger partial charge in [0.15, 0.2) is 0 Å². The molecule has 2 rings (SSSR count). The first-order valence-corrected chi connectivity index (χ1v) is 6.80. The second kappa shape index (κ2) is 6.38. The maximum absolute atomic E-state index is 11.9. The van der Waals surface area contributed by atoms with E-state index in [1.165, 1.54) is 12.8 Å². The Morgan fingerprint density at radius 1 is 1.44 bits per heavy atom. The van der Waals surface area contributed by atoms with Crippen molar-refractivity contribution in [1.29, 1.82) is 0 Å². The van der Waals surface area contributed by atoms with Gasteiger partial charge in [0.05, 0.1) is 0 Å².